The van der Waals surface area contributed by atoms with Crippen molar-refractivity contribution in [3.05, 3.63) is 18.3 Å². The van der Waals surface area contributed by atoms with E-state index in [1.807, 2.05) is 0 Å². The summed E-state index contributed by atoms with van der Waals surface area (Å²) in [5.74, 6) is 0.405. The molecule has 0 bridgehead atoms. The van der Waals surface area contributed by atoms with Crippen molar-refractivity contribution in [2.24, 2.45) is 11.3 Å². The molecule has 0 saturated heterocycles. The molecule has 0 aromatic carbocycles. The smallest absolute Gasteiger partial charge is 0.260 e. The van der Waals surface area contributed by atoms with Gasteiger partial charge in [-0.3, -0.25) is 0 Å². The van der Waals surface area contributed by atoms with Crippen molar-refractivity contribution in [3.63, 3.8) is 0 Å². The first-order chi connectivity index (χ1) is 7.83. The number of aromatic nitrogens is 1. The summed E-state index contributed by atoms with van der Waals surface area (Å²) in [6.45, 7) is 4.70. The molecule has 1 aliphatic rings. The molecule has 3 N–H and O–H groups in total. The van der Waals surface area contributed by atoms with Crippen LogP contribution in [0.15, 0.2) is 23.4 Å². The van der Waals surface area contributed by atoms with Crippen LogP contribution in [0.25, 0.3) is 0 Å². The van der Waals surface area contributed by atoms with Gasteiger partial charge in [0.1, 0.15) is 0 Å². The average Bonchev–Trinajstić information content (AvgIpc) is 2.84. The molecule has 0 aliphatic heterocycles. The Morgan fingerprint density at radius 3 is 2.76 bits per heavy atom. The standard InChI is InChI=1S/C11H17N3O2S/c1-11(2)6-8(11)7-14-17(15,16)10-9(12)4-3-5-13-10/h3-5,8,14H,6-7,12H2,1-2H3. The van der Waals surface area contributed by atoms with Crippen molar-refractivity contribution < 1.29 is 8.42 Å². The maximum atomic E-state index is 11.9. The van der Waals surface area contributed by atoms with Crippen molar-refractivity contribution >= 4 is 15.7 Å². The van der Waals surface area contributed by atoms with Gasteiger partial charge >= 0.3 is 0 Å². The normalized spacial score (nSPS) is 22.4. The Morgan fingerprint density at radius 2 is 2.24 bits per heavy atom. The van der Waals surface area contributed by atoms with Gasteiger partial charge in [-0.15, -0.1) is 0 Å². The molecule has 1 unspecified atom stereocenters. The van der Waals surface area contributed by atoms with Gasteiger partial charge in [0, 0.05) is 12.7 Å². The van der Waals surface area contributed by atoms with Crippen molar-refractivity contribution in [1.82, 2.24) is 9.71 Å². The number of rotatable bonds is 4. The molecule has 0 spiro atoms. The third-order valence-electron chi connectivity index (χ3n) is 3.29. The summed E-state index contributed by atoms with van der Waals surface area (Å²) in [5, 5.41) is -0.0848. The summed E-state index contributed by atoms with van der Waals surface area (Å²) in [4.78, 5) is 3.81. The van der Waals surface area contributed by atoms with Gasteiger partial charge in [0.15, 0.2) is 5.03 Å². The molecule has 2 rings (SSSR count). The van der Waals surface area contributed by atoms with E-state index in [9.17, 15) is 8.42 Å². The fourth-order valence-corrected chi connectivity index (χ4v) is 2.97. The number of nitrogens with one attached hydrogen (secondary N) is 1. The molecule has 1 heterocycles. The average molecular weight is 255 g/mol. The highest BCUT2D eigenvalue weighted by atomic mass is 32.2. The Balaban J connectivity index is 2.08. The zero-order valence-corrected chi connectivity index (χ0v) is 10.8. The molecule has 1 saturated carbocycles. The topological polar surface area (TPSA) is 85.1 Å². The molecule has 1 aromatic rings. The van der Waals surface area contributed by atoms with Crippen LogP contribution in [-0.4, -0.2) is 19.9 Å². The van der Waals surface area contributed by atoms with Gasteiger partial charge < -0.3 is 5.73 Å². The summed E-state index contributed by atoms with van der Waals surface area (Å²) < 4.78 is 26.4. The van der Waals surface area contributed by atoms with E-state index in [0.717, 1.165) is 6.42 Å². The van der Waals surface area contributed by atoms with Crippen LogP contribution in [0.1, 0.15) is 20.3 Å². The lowest BCUT2D eigenvalue weighted by Gasteiger charge is -2.08. The molecule has 1 fully saturated rings. The number of hydrogen-bond donors (Lipinski definition) is 2. The lowest BCUT2D eigenvalue weighted by atomic mass is 10.1. The molecule has 1 atom stereocenters. The molecule has 5 nitrogen and oxygen atoms in total. The van der Waals surface area contributed by atoms with Crippen LogP contribution < -0.4 is 10.5 Å². The lowest BCUT2D eigenvalue weighted by Crippen LogP contribution is -2.28. The summed E-state index contributed by atoms with van der Waals surface area (Å²) in [5.41, 5.74) is 6.02. The SMILES string of the molecule is CC1(C)CC1CNS(=O)(=O)c1ncccc1N. The van der Waals surface area contributed by atoms with Gasteiger partial charge in [-0.2, -0.15) is 0 Å². The number of nitrogens with two attached hydrogens (primary N) is 1. The largest absolute Gasteiger partial charge is 0.396 e. The minimum Gasteiger partial charge on any atom is -0.396 e. The van der Waals surface area contributed by atoms with Crippen molar-refractivity contribution in [2.75, 3.05) is 12.3 Å². The van der Waals surface area contributed by atoms with E-state index < -0.39 is 10.0 Å². The van der Waals surface area contributed by atoms with E-state index in [4.69, 9.17) is 5.73 Å². The number of pyridine rings is 1. The van der Waals surface area contributed by atoms with Crippen LogP contribution in [-0.2, 0) is 10.0 Å². The predicted octanol–water partition coefficient (Wildman–Crippen LogP) is 0.988. The quantitative estimate of drug-likeness (QED) is 0.840. The third kappa shape index (κ3) is 2.58. The molecule has 94 valence electrons. The Hall–Kier alpha value is -1.14. The summed E-state index contributed by atoms with van der Waals surface area (Å²) in [7, 11) is -3.58. The highest BCUT2D eigenvalue weighted by Gasteiger charge is 2.45. The van der Waals surface area contributed by atoms with Gasteiger partial charge in [-0.1, -0.05) is 13.8 Å². The first-order valence-corrected chi connectivity index (χ1v) is 7.01. The van der Waals surface area contributed by atoms with E-state index in [1.165, 1.54) is 12.3 Å². The van der Waals surface area contributed by atoms with Crippen LogP contribution in [0, 0.1) is 11.3 Å². The molecule has 1 aromatic heterocycles. The highest BCUT2D eigenvalue weighted by molar-refractivity contribution is 7.89. The molecule has 1 aliphatic carbocycles. The van der Waals surface area contributed by atoms with E-state index in [2.05, 4.69) is 23.6 Å². The summed E-state index contributed by atoms with van der Waals surface area (Å²) in [6.07, 6.45) is 2.47. The van der Waals surface area contributed by atoms with E-state index in [-0.39, 0.29) is 16.1 Å². The zero-order chi connectivity index (χ0) is 12.7. The van der Waals surface area contributed by atoms with Gasteiger partial charge in [0.05, 0.1) is 5.69 Å². The third-order valence-corrected chi connectivity index (χ3v) is 4.69. The maximum Gasteiger partial charge on any atom is 0.260 e. The van der Waals surface area contributed by atoms with Crippen LogP contribution >= 0.6 is 0 Å². The number of nitrogens with zero attached hydrogens (tertiary/aromatic N) is 1. The molecule has 0 radical (unpaired) electrons. The highest BCUT2D eigenvalue weighted by Crippen LogP contribution is 2.51. The van der Waals surface area contributed by atoms with Gasteiger partial charge in [0.2, 0.25) is 0 Å². The van der Waals surface area contributed by atoms with E-state index in [0.29, 0.717) is 12.5 Å². The van der Waals surface area contributed by atoms with E-state index >= 15 is 0 Å². The monoisotopic (exact) mass is 255 g/mol. The summed E-state index contributed by atoms with van der Waals surface area (Å²) >= 11 is 0. The number of hydrogen-bond acceptors (Lipinski definition) is 4. The molecule has 17 heavy (non-hydrogen) atoms. The lowest BCUT2D eigenvalue weighted by molar-refractivity contribution is 0.536. The van der Waals surface area contributed by atoms with Crippen molar-refractivity contribution in [1.29, 1.82) is 0 Å². The molecule has 0 amide bonds. The molecule has 6 heteroatoms. The predicted molar refractivity (Wildman–Crippen MR) is 65.7 cm³/mol. The Morgan fingerprint density at radius 1 is 1.59 bits per heavy atom. The Labute approximate surface area is 101 Å². The number of sulfonamides is 1. The second-order valence-corrected chi connectivity index (χ2v) is 6.82. The van der Waals surface area contributed by atoms with Crippen LogP contribution in [0.4, 0.5) is 5.69 Å². The van der Waals surface area contributed by atoms with Gasteiger partial charge in [0.25, 0.3) is 10.0 Å². The number of anilines is 1. The second-order valence-electron chi connectivity index (χ2n) is 5.14. The summed E-state index contributed by atoms with van der Waals surface area (Å²) in [6, 6.07) is 3.14. The minimum absolute atomic E-state index is 0.0848. The van der Waals surface area contributed by atoms with E-state index in [1.54, 1.807) is 6.07 Å². The minimum atomic E-state index is -3.58. The van der Waals surface area contributed by atoms with Crippen LogP contribution in [0.5, 0.6) is 0 Å². The van der Waals surface area contributed by atoms with Gasteiger partial charge in [-0.25, -0.2) is 18.1 Å². The van der Waals surface area contributed by atoms with Crippen molar-refractivity contribution in [2.45, 2.75) is 25.3 Å². The fourth-order valence-electron chi connectivity index (χ4n) is 1.83. The number of nitrogen functional groups attached to an aromatic ring is 1. The van der Waals surface area contributed by atoms with Crippen LogP contribution in [0.3, 0.4) is 0 Å². The first kappa shape index (κ1) is 12.3. The molecular formula is C11H17N3O2S. The van der Waals surface area contributed by atoms with Crippen molar-refractivity contribution in [3.8, 4) is 0 Å². The second kappa shape index (κ2) is 3.96. The maximum absolute atomic E-state index is 11.9. The Bertz CT molecular complexity index is 525. The van der Waals surface area contributed by atoms with Crippen LogP contribution in [0.2, 0.25) is 0 Å². The zero-order valence-electron chi connectivity index (χ0n) is 9.97. The Kier molecular flexibility index (Phi) is 2.87. The van der Waals surface area contributed by atoms with Gasteiger partial charge in [-0.05, 0) is 29.9 Å². The first-order valence-electron chi connectivity index (χ1n) is 5.53. The molecular weight excluding hydrogens is 238 g/mol. The fraction of sp³-hybridized carbons (Fsp3) is 0.545.